The molecule has 2 aromatic rings. The highest BCUT2D eigenvalue weighted by Crippen LogP contribution is 2.22. The van der Waals surface area contributed by atoms with Gasteiger partial charge in [0.25, 0.3) is 5.91 Å². The number of aryl methyl sites for hydroxylation is 1. The van der Waals surface area contributed by atoms with E-state index in [0.29, 0.717) is 9.90 Å². The number of halogens is 2. The summed E-state index contributed by atoms with van der Waals surface area (Å²) in [5, 5.41) is 4.78. The number of rotatable bonds is 4. The molecule has 0 bridgehead atoms. The Hall–Kier alpha value is -1.63. The number of hydrogen-bond donors (Lipinski definition) is 1. The van der Waals surface area contributed by atoms with Crippen LogP contribution in [0.25, 0.3) is 0 Å². The van der Waals surface area contributed by atoms with Crippen LogP contribution in [-0.4, -0.2) is 23.5 Å². The summed E-state index contributed by atoms with van der Waals surface area (Å²) in [5.41, 5.74) is 0.813. The van der Waals surface area contributed by atoms with Gasteiger partial charge in [0, 0.05) is 6.20 Å². The summed E-state index contributed by atoms with van der Waals surface area (Å²) < 4.78 is 4.93. The van der Waals surface area contributed by atoms with Crippen molar-refractivity contribution in [3.8, 4) is 0 Å². The van der Waals surface area contributed by atoms with Gasteiger partial charge in [-0.15, -0.1) is 11.3 Å². The molecule has 110 valence electrons. The van der Waals surface area contributed by atoms with Gasteiger partial charge in [-0.3, -0.25) is 4.79 Å². The molecular weight excluding hydrogens is 335 g/mol. The van der Waals surface area contributed by atoms with Crippen molar-refractivity contribution in [1.82, 2.24) is 4.98 Å². The van der Waals surface area contributed by atoms with Gasteiger partial charge in [-0.1, -0.05) is 23.2 Å². The number of nitrogens with zero attached hydrogens (tertiary/aromatic N) is 1. The molecular formula is C13H10Cl2N2O3S. The Kier molecular flexibility index (Phi) is 5.17. The minimum absolute atomic E-state index is 0.161. The van der Waals surface area contributed by atoms with E-state index < -0.39 is 18.5 Å². The molecule has 21 heavy (non-hydrogen) atoms. The summed E-state index contributed by atoms with van der Waals surface area (Å²) in [5.74, 6) is -0.906. The first kappa shape index (κ1) is 15.8. The molecule has 0 aromatic carbocycles. The fourth-order valence-corrected chi connectivity index (χ4v) is 2.70. The van der Waals surface area contributed by atoms with Gasteiger partial charge in [0.05, 0.1) is 10.0 Å². The van der Waals surface area contributed by atoms with Crippen molar-refractivity contribution in [2.24, 2.45) is 0 Å². The highest BCUT2D eigenvalue weighted by atomic mass is 35.5. The van der Waals surface area contributed by atoms with Crippen LogP contribution < -0.4 is 5.32 Å². The highest BCUT2D eigenvalue weighted by molar-refractivity contribution is 7.12. The van der Waals surface area contributed by atoms with Gasteiger partial charge in [-0.05, 0) is 30.0 Å². The van der Waals surface area contributed by atoms with Crippen molar-refractivity contribution in [3.63, 3.8) is 0 Å². The Balaban J connectivity index is 1.90. The molecule has 2 rings (SSSR count). The van der Waals surface area contributed by atoms with Crippen LogP contribution in [0.5, 0.6) is 0 Å². The van der Waals surface area contributed by atoms with E-state index in [1.54, 1.807) is 18.4 Å². The van der Waals surface area contributed by atoms with Crippen LogP contribution in [0.3, 0.4) is 0 Å². The summed E-state index contributed by atoms with van der Waals surface area (Å²) >= 11 is 12.8. The third-order valence-corrected chi connectivity index (χ3v) is 3.94. The zero-order valence-electron chi connectivity index (χ0n) is 10.9. The van der Waals surface area contributed by atoms with Crippen LogP contribution in [0.15, 0.2) is 23.7 Å². The summed E-state index contributed by atoms with van der Waals surface area (Å²) in [6, 6.07) is 3.26. The zero-order valence-corrected chi connectivity index (χ0v) is 13.2. The number of carbonyl (C=O) groups excluding carboxylic acids is 2. The van der Waals surface area contributed by atoms with Crippen LogP contribution in [0.2, 0.25) is 10.0 Å². The molecule has 0 aliphatic heterocycles. The third-order valence-electron chi connectivity index (χ3n) is 2.45. The van der Waals surface area contributed by atoms with Gasteiger partial charge in [0.2, 0.25) is 0 Å². The van der Waals surface area contributed by atoms with E-state index in [-0.39, 0.29) is 10.8 Å². The van der Waals surface area contributed by atoms with Crippen LogP contribution in [0, 0.1) is 6.92 Å². The lowest BCUT2D eigenvalue weighted by molar-refractivity contribution is -0.119. The summed E-state index contributed by atoms with van der Waals surface area (Å²) in [6.45, 7) is 1.38. The lowest BCUT2D eigenvalue weighted by atomic mass is 10.3. The van der Waals surface area contributed by atoms with Crippen molar-refractivity contribution in [2.75, 3.05) is 11.9 Å². The van der Waals surface area contributed by atoms with Crippen LogP contribution in [-0.2, 0) is 9.53 Å². The maximum Gasteiger partial charge on any atom is 0.349 e. The van der Waals surface area contributed by atoms with E-state index in [9.17, 15) is 9.59 Å². The lowest BCUT2D eigenvalue weighted by Crippen LogP contribution is -2.21. The van der Waals surface area contributed by atoms with Gasteiger partial charge in [0.1, 0.15) is 4.88 Å². The number of ether oxygens (including phenoxy) is 1. The van der Waals surface area contributed by atoms with Crippen LogP contribution >= 0.6 is 34.5 Å². The van der Waals surface area contributed by atoms with E-state index in [1.807, 2.05) is 0 Å². The largest absolute Gasteiger partial charge is 0.451 e. The van der Waals surface area contributed by atoms with E-state index in [0.717, 1.165) is 5.56 Å². The topological polar surface area (TPSA) is 68.3 Å². The normalized spacial score (nSPS) is 10.2. The summed E-state index contributed by atoms with van der Waals surface area (Å²) in [7, 11) is 0. The maximum atomic E-state index is 11.7. The van der Waals surface area contributed by atoms with Gasteiger partial charge in [0.15, 0.2) is 12.4 Å². The first-order valence-electron chi connectivity index (χ1n) is 5.79. The van der Waals surface area contributed by atoms with E-state index in [1.165, 1.54) is 23.6 Å². The van der Waals surface area contributed by atoms with Crippen LogP contribution in [0.1, 0.15) is 15.2 Å². The standard InChI is InChI=1S/C13H10Cl2N2O3S/c1-7-2-3-21-11(7)13(19)20-6-10(18)17-12-9(15)4-8(14)5-16-12/h2-5H,6H2,1H3,(H,16,17,18). The monoisotopic (exact) mass is 344 g/mol. The first-order valence-corrected chi connectivity index (χ1v) is 7.43. The molecule has 0 radical (unpaired) electrons. The minimum atomic E-state index is -0.534. The molecule has 2 heterocycles. The average Bonchev–Trinajstić information content (AvgIpc) is 2.85. The van der Waals surface area contributed by atoms with Crippen molar-refractivity contribution < 1.29 is 14.3 Å². The average molecular weight is 345 g/mol. The molecule has 8 heteroatoms. The van der Waals surface area contributed by atoms with Gasteiger partial charge >= 0.3 is 5.97 Å². The lowest BCUT2D eigenvalue weighted by Gasteiger charge is -2.07. The quantitative estimate of drug-likeness (QED) is 0.861. The smallest absolute Gasteiger partial charge is 0.349 e. The molecule has 0 saturated carbocycles. The molecule has 1 N–H and O–H groups in total. The third kappa shape index (κ3) is 4.17. The maximum absolute atomic E-state index is 11.7. The van der Waals surface area contributed by atoms with Gasteiger partial charge in [-0.25, -0.2) is 9.78 Å². The predicted molar refractivity (Wildman–Crippen MR) is 82.2 cm³/mol. The Morgan fingerprint density at radius 2 is 2.19 bits per heavy atom. The Labute approximate surface area is 134 Å². The van der Waals surface area contributed by atoms with Crippen molar-refractivity contribution >= 4 is 52.2 Å². The number of anilines is 1. The molecule has 0 atom stereocenters. The number of aromatic nitrogens is 1. The SMILES string of the molecule is Cc1ccsc1C(=O)OCC(=O)Nc1ncc(Cl)cc1Cl. The van der Waals surface area contributed by atoms with Crippen molar-refractivity contribution in [3.05, 3.63) is 44.2 Å². The summed E-state index contributed by atoms with van der Waals surface area (Å²) in [4.78, 5) is 27.8. The molecule has 0 aliphatic carbocycles. The number of nitrogens with one attached hydrogen (secondary N) is 1. The van der Waals surface area contributed by atoms with E-state index >= 15 is 0 Å². The fraction of sp³-hybridized carbons (Fsp3) is 0.154. The molecule has 0 saturated heterocycles. The molecule has 2 aromatic heterocycles. The second-order valence-corrected chi connectivity index (χ2v) is 5.80. The predicted octanol–water partition coefficient (Wildman–Crippen LogP) is 3.55. The molecule has 5 nitrogen and oxygen atoms in total. The Morgan fingerprint density at radius 1 is 1.43 bits per heavy atom. The fourth-order valence-electron chi connectivity index (χ4n) is 1.45. The minimum Gasteiger partial charge on any atom is -0.451 e. The summed E-state index contributed by atoms with van der Waals surface area (Å²) in [6.07, 6.45) is 1.35. The van der Waals surface area contributed by atoms with Crippen LogP contribution in [0.4, 0.5) is 5.82 Å². The number of esters is 1. The Morgan fingerprint density at radius 3 is 2.81 bits per heavy atom. The molecule has 0 spiro atoms. The number of thiophene rings is 1. The molecule has 0 aliphatic rings. The number of carbonyl (C=O) groups is 2. The first-order chi connectivity index (χ1) is 9.97. The molecule has 1 amide bonds. The van der Waals surface area contributed by atoms with E-state index in [4.69, 9.17) is 27.9 Å². The van der Waals surface area contributed by atoms with Crippen molar-refractivity contribution in [2.45, 2.75) is 6.92 Å². The van der Waals surface area contributed by atoms with E-state index in [2.05, 4.69) is 10.3 Å². The highest BCUT2D eigenvalue weighted by Gasteiger charge is 2.15. The Bertz CT molecular complexity index is 688. The molecule has 0 fully saturated rings. The number of amides is 1. The van der Waals surface area contributed by atoms with Gasteiger partial charge in [-0.2, -0.15) is 0 Å². The van der Waals surface area contributed by atoms with Gasteiger partial charge < -0.3 is 10.1 Å². The van der Waals surface area contributed by atoms with Crippen molar-refractivity contribution in [1.29, 1.82) is 0 Å². The zero-order chi connectivity index (χ0) is 15.4. The number of hydrogen-bond acceptors (Lipinski definition) is 5. The second kappa shape index (κ2) is 6.89. The molecule has 0 unspecified atom stereocenters. The number of pyridine rings is 1. The second-order valence-electron chi connectivity index (χ2n) is 4.04.